The van der Waals surface area contributed by atoms with Crippen LogP contribution in [0.4, 0.5) is 4.79 Å². The maximum absolute atomic E-state index is 13.0. The minimum absolute atomic E-state index is 0.194. The highest BCUT2D eigenvalue weighted by Gasteiger charge is 2.51. The summed E-state index contributed by atoms with van der Waals surface area (Å²) >= 11 is 0. The zero-order valence-electron chi connectivity index (χ0n) is 17.4. The molecule has 0 aliphatic carbocycles. The average Bonchev–Trinajstić information content (AvgIpc) is 3.15. The molecular formula is C23H27N5O2. The van der Waals surface area contributed by atoms with Gasteiger partial charge in [-0.05, 0) is 24.0 Å². The number of carbonyl (C=O) groups is 2. The Morgan fingerprint density at radius 3 is 2.23 bits per heavy atom. The Kier molecular flexibility index (Phi) is 5.70. The molecule has 0 aromatic heterocycles. The summed E-state index contributed by atoms with van der Waals surface area (Å²) in [4.78, 5) is 34.9. The number of benzene rings is 2. The Labute approximate surface area is 177 Å². The highest BCUT2D eigenvalue weighted by molar-refractivity contribution is 6.04. The van der Waals surface area contributed by atoms with Crippen LogP contribution in [0, 0.1) is 0 Å². The van der Waals surface area contributed by atoms with E-state index in [-0.39, 0.29) is 11.9 Å². The summed E-state index contributed by atoms with van der Waals surface area (Å²) < 4.78 is 0. The van der Waals surface area contributed by atoms with Crippen LogP contribution in [0.1, 0.15) is 17.5 Å². The molecule has 2 atom stereocenters. The van der Waals surface area contributed by atoms with Crippen LogP contribution in [0.15, 0.2) is 65.7 Å². The minimum Gasteiger partial charge on any atom is -0.333 e. The first-order valence-corrected chi connectivity index (χ1v) is 10.3. The number of hydrogen-bond donors (Lipinski definition) is 1. The first-order chi connectivity index (χ1) is 14.6. The van der Waals surface area contributed by atoms with Crippen LogP contribution in [0.2, 0.25) is 0 Å². The quantitative estimate of drug-likeness (QED) is 0.801. The first-order valence-electron chi connectivity index (χ1n) is 10.3. The summed E-state index contributed by atoms with van der Waals surface area (Å²) in [6.45, 7) is 1.19. The van der Waals surface area contributed by atoms with E-state index in [9.17, 15) is 9.59 Å². The number of aliphatic imine (C=N–C) groups is 1. The first kappa shape index (κ1) is 19.9. The third kappa shape index (κ3) is 3.87. The van der Waals surface area contributed by atoms with Gasteiger partial charge in [0, 0.05) is 20.6 Å². The van der Waals surface area contributed by atoms with Gasteiger partial charge in [-0.25, -0.2) is 9.79 Å². The van der Waals surface area contributed by atoms with Gasteiger partial charge < -0.3 is 15.1 Å². The van der Waals surface area contributed by atoms with E-state index in [0.29, 0.717) is 19.0 Å². The van der Waals surface area contributed by atoms with Gasteiger partial charge in [0.1, 0.15) is 6.17 Å². The Hall–Kier alpha value is -3.35. The lowest BCUT2D eigenvalue weighted by atomic mass is 10.1. The molecular weight excluding hydrogens is 378 g/mol. The lowest BCUT2D eigenvalue weighted by Gasteiger charge is -2.39. The van der Waals surface area contributed by atoms with Crippen LogP contribution < -0.4 is 5.32 Å². The van der Waals surface area contributed by atoms with Gasteiger partial charge in [0.15, 0.2) is 12.0 Å². The summed E-state index contributed by atoms with van der Waals surface area (Å²) in [5, 5.41) is 3.33. The monoisotopic (exact) mass is 405 g/mol. The number of aryl methyl sites for hydroxylation is 1. The van der Waals surface area contributed by atoms with E-state index in [4.69, 9.17) is 4.99 Å². The number of nitrogens with zero attached hydrogens (tertiary/aromatic N) is 4. The van der Waals surface area contributed by atoms with Crippen LogP contribution in [0.5, 0.6) is 0 Å². The molecule has 0 bridgehead atoms. The van der Waals surface area contributed by atoms with Crippen molar-refractivity contribution < 1.29 is 9.59 Å². The van der Waals surface area contributed by atoms with Gasteiger partial charge in [0.2, 0.25) is 0 Å². The van der Waals surface area contributed by atoms with Crippen molar-refractivity contribution in [3.05, 3.63) is 71.8 Å². The molecule has 156 valence electrons. The summed E-state index contributed by atoms with van der Waals surface area (Å²) in [6, 6.07) is 19.5. The van der Waals surface area contributed by atoms with Crippen molar-refractivity contribution in [1.29, 1.82) is 0 Å². The van der Waals surface area contributed by atoms with Crippen LogP contribution in [-0.4, -0.2) is 65.4 Å². The molecule has 2 unspecified atom stereocenters. The summed E-state index contributed by atoms with van der Waals surface area (Å²) in [6.07, 6.45) is 1.39. The molecule has 2 aliphatic rings. The van der Waals surface area contributed by atoms with E-state index in [1.165, 1.54) is 10.5 Å². The highest BCUT2D eigenvalue weighted by atomic mass is 16.2. The second-order valence-electron chi connectivity index (χ2n) is 7.73. The van der Waals surface area contributed by atoms with E-state index in [2.05, 4.69) is 17.4 Å². The molecule has 0 radical (unpaired) electrons. The molecule has 2 aromatic carbocycles. The molecule has 2 aromatic rings. The molecule has 0 saturated carbocycles. The fourth-order valence-corrected chi connectivity index (χ4v) is 4.05. The summed E-state index contributed by atoms with van der Waals surface area (Å²) in [5.41, 5.74) is 2.36. The Bertz CT molecular complexity index is 931. The fraction of sp³-hybridized carbons (Fsp3) is 0.348. The third-order valence-corrected chi connectivity index (χ3v) is 5.73. The number of imide groups is 1. The maximum Gasteiger partial charge on any atom is 0.327 e. The van der Waals surface area contributed by atoms with Crippen molar-refractivity contribution in [2.24, 2.45) is 4.99 Å². The molecule has 2 heterocycles. The number of carbonyl (C=O) groups excluding carboxylic acids is 2. The molecule has 2 fully saturated rings. The van der Waals surface area contributed by atoms with E-state index >= 15 is 0 Å². The summed E-state index contributed by atoms with van der Waals surface area (Å²) in [7, 11) is 3.26. The van der Waals surface area contributed by atoms with E-state index in [0.717, 1.165) is 18.4 Å². The zero-order chi connectivity index (χ0) is 21.1. The van der Waals surface area contributed by atoms with Crippen LogP contribution >= 0.6 is 0 Å². The molecule has 30 heavy (non-hydrogen) atoms. The van der Waals surface area contributed by atoms with Crippen molar-refractivity contribution in [3.63, 3.8) is 0 Å². The number of fused-ring (bicyclic) bond motifs is 1. The summed E-state index contributed by atoms with van der Waals surface area (Å²) in [5.74, 6) is 0.477. The highest BCUT2D eigenvalue weighted by Crippen LogP contribution is 2.25. The molecule has 2 aliphatic heterocycles. The van der Waals surface area contributed by atoms with Crippen molar-refractivity contribution >= 4 is 17.9 Å². The van der Waals surface area contributed by atoms with Crippen LogP contribution in [-0.2, 0) is 17.8 Å². The van der Waals surface area contributed by atoms with Gasteiger partial charge in [-0.3, -0.25) is 9.69 Å². The number of likely N-dealkylation sites (N-methyl/N-ethyl adjacent to an activating group) is 2. The lowest BCUT2D eigenvalue weighted by molar-refractivity contribution is -0.136. The Morgan fingerprint density at radius 1 is 0.933 bits per heavy atom. The maximum atomic E-state index is 13.0. The van der Waals surface area contributed by atoms with Crippen LogP contribution in [0.25, 0.3) is 0 Å². The number of nitrogens with one attached hydrogen (secondary N) is 1. The van der Waals surface area contributed by atoms with Gasteiger partial charge >= 0.3 is 6.03 Å². The van der Waals surface area contributed by atoms with E-state index < -0.39 is 12.2 Å². The molecule has 1 N–H and O–H groups in total. The van der Waals surface area contributed by atoms with E-state index in [1.807, 2.05) is 53.4 Å². The van der Waals surface area contributed by atoms with Gasteiger partial charge in [0.25, 0.3) is 5.91 Å². The zero-order valence-corrected chi connectivity index (χ0v) is 17.4. The minimum atomic E-state index is -0.469. The average molecular weight is 406 g/mol. The molecule has 0 spiro atoms. The smallest absolute Gasteiger partial charge is 0.327 e. The lowest BCUT2D eigenvalue weighted by Crippen LogP contribution is -2.65. The standard InChI is InChI=1S/C23H27N5O2/c1-26-20-19(21(29)27(2)23(26)30)28(15-9-14-17-10-5-3-6-11-17)22(25-20)24-16-18-12-7-4-8-13-18/h3-8,10-13,19-20H,9,14-16H2,1-2H3,(H,24,25). The number of urea groups is 1. The number of rotatable bonds is 6. The third-order valence-electron chi connectivity index (χ3n) is 5.73. The van der Waals surface area contributed by atoms with Crippen molar-refractivity contribution in [2.75, 3.05) is 20.6 Å². The van der Waals surface area contributed by atoms with Gasteiger partial charge in [-0.2, -0.15) is 0 Å². The largest absolute Gasteiger partial charge is 0.333 e. The second kappa shape index (κ2) is 8.57. The van der Waals surface area contributed by atoms with Gasteiger partial charge in [0.05, 0.1) is 6.54 Å². The molecule has 4 rings (SSSR count). The fourth-order valence-electron chi connectivity index (χ4n) is 4.05. The van der Waals surface area contributed by atoms with Crippen LogP contribution in [0.3, 0.4) is 0 Å². The van der Waals surface area contributed by atoms with Gasteiger partial charge in [-0.1, -0.05) is 60.7 Å². The van der Waals surface area contributed by atoms with E-state index in [1.54, 1.807) is 19.0 Å². The molecule has 7 heteroatoms. The number of amides is 3. The molecule has 7 nitrogen and oxygen atoms in total. The van der Waals surface area contributed by atoms with Crippen molar-refractivity contribution in [3.8, 4) is 0 Å². The normalized spacial score (nSPS) is 22.5. The second-order valence-corrected chi connectivity index (χ2v) is 7.73. The topological polar surface area (TPSA) is 68.2 Å². The predicted molar refractivity (Wildman–Crippen MR) is 116 cm³/mol. The molecule has 2 saturated heterocycles. The Balaban J connectivity index is 1.55. The van der Waals surface area contributed by atoms with Crippen molar-refractivity contribution in [2.45, 2.75) is 31.6 Å². The van der Waals surface area contributed by atoms with Gasteiger partial charge in [-0.15, -0.1) is 0 Å². The Morgan fingerprint density at radius 2 is 1.57 bits per heavy atom. The SMILES string of the molecule is CN1C(=O)C2C(NC(=NCc3ccccc3)N2CCCc2ccccc2)N(C)C1=O. The predicted octanol–water partition coefficient (Wildman–Crippen LogP) is 2.30. The number of guanidine groups is 1. The van der Waals surface area contributed by atoms with Crippen molar-refractivity contribution in [1.82, 2.24) is 20.0 Å². The number of hydrogen-bond acceptors (Lipinski definition) is 3. The molecule has 3 amide bonds.